The molecule has 0 saturated heterocycles. The van der Waals surface area contributed by atoms with E-state index in [1.165, 1.54) is 11.1 Å². The topological polar surface area (TPSA) is 17.1 Å². The van der Waals surface area contributed by atoms with Gasteiger partial charge in [-0.05, 0) is 41.5 Å². The zero-order valence-corrected chi connectivity index (χ0v) is 9.17. The second-order valence-corrected chi connectivity index (χ2v) is 4.05. The minimum absolute atomic E-state index is 0.231. The maximum atomic E-state index is 10.7. The van der Waals surface area contributed by atoms with Crippen molar-refractivity contribution < 1.29 is 4.79 Å². The Morgan fingerprint density at radius 1 is 1.50 bits per heavy atom. The van der Waals surface area contributed by atoms with E-state index >= 15 is 0 Å². The number of hydrogen-bond donors (Lipinski definition) is 0. The summed E-state index contributed by atoms with van der Waals surface area (Å²) in [6.45, 7) is 2.06. The number of carbonyl (C=O) groups is 1. The van der Waals surface area contributed by atoms with Gasteiger partial charge in [-0.15, -0.1) is 0 Å². The van der Waals surface area contributed by atoms with E-state index in [1.54, 1.807) is 0 Å². The van der Waals surface area contributed by atoms with E-state index in [2.05, 4.69) is 25.1 Å². The summed E-state index contributed by atoms with van der Waals surface area (Å²) in [5.41, 5.74) is 2.51. The smallest absolute Gasteiger partial charge is 0.192 e. The molecule has 0 saturated carbocycles. The number of carbonyl (C=O) groups excluding carboxylic acids is 1. The van der Waals surface area contributed by atoms with Gasteiger partial charge in [0.15, 0.2) is 3.79 Å². The van der Waals surface area contributed by atoms with Crippen LogP contribution in [0.15, 0.2) is 24.3 Å². The minimum atomic E-state index is 0.231. The molecule has 64 valence electrons. The predicted molar refractivity (Wildman–Crippen MR) is 58.5 cm³/mol. The van der Waals surface area contributed by atoms with Crippen LogP contribution in [0.1, 0.15) is 17.5 Å². The maximum Gasteiger partial charge on any atom is 0.192 e. The second-order valence-electron chi connectivity index (χ2n) is 2.84. The third-order valence-electron chi connectivity index (χ3n) is 1.69. The molecule has 1 aromatic rings. The van der Waals surface area contributed by atoms with Crippen LogP contribution in [0.3, 0.4) is 0 Å². The molecule has 0 aliphatic rings. The Kier molecular flexibility index (Phi) is 3.72. The van der Waals surface area contributed by atoms with Crippen LogP contribution >= 0.6 is 22.6 Å². The lowest BCUT2D eigenvalue weighted by molar-refractivity contribution is -0.109. The Morgan fingerprint density at radius 2 is 2.25 bits per heavy atom. The van der Waals surface area contributed by atoms with E-state index in [-0.39, 0.29) is 3.79 Å². The first-order chi connectivity index (χ1) is 5.68. The van der Waals surface area contributed by atoms with E-state index in [4.69, 9.17) is 0 Å². The number of halogens is 1. The molecule has 1 aromatic carbocycles. The van der Waals surface area contributed by atoms with Gasteiger partial charge in [-0.3, -0.25) is 4.79 Å². The van der Waals surface area contributed by atoms with Crippen LogP contribution in [-0.4, -0.2) is 3.79 Å². The van der Waals surface area contributed by atoms with E-state index < -0.39 is 0 Å². The lowest BCUT2D eigenvalue weighted by Crippen LogP contribution is -1.90. The molecule has 0 fully saturated rings. The fraction of sp³-hybridized carbons (Fsp3) is 0.300. The molecule has 1 rings (SSSR count). The third kappa shape index (κ3) is 3.34. The van der Waals surface area contributed by atoms with Crippen molar-refractivity contribution >= 4 is 26.4 Å². The average molecular weight is 274 g/mol. The van der Waals surface area contributed by atoms with Crippen molar-refractivity contribution in [3.63, 3.8) is 0 Å². The Balaban J connectivity index is 2.57. The van der Waals surface area contributed by atoms with Crippen molar-refractivity contribution in [3.8, 4) is 0 Å². The highest BCUT2D eigenvalue weighted by molar-refractivity contribution is 14.1. The van der Waals surface area contributed by atoms with Crippen molar-refractivity contribution in [2.75, 3.05) is 0 Å². The van der Waals surface area contributed by atoms with Crippen LogP contribution < -0.4 is 0 Å². The summed E-state index contributed by atoms with van der Waals surface area (Å²) in [6, 6.07) is 8.28. The van der Waals surface area contributed by atoms with Crippen molar-refractivity contribution in [1.29, 1.82) is 0 Å². The first-order valence-electron chi connectivity index (χ1n) is 3.92. The largest absolute Gasteiger partial charge is 0.288 e. The molecule has 1 nitrogen and oxygen atoms in total. The van der Waals surface area contributed by atoms with Gasteiger partial charge in [0, 0.05) is 6.42 Å². The van der Waals surface area contributed by atoms with Gasteiger partial charge < -0.3 is 0 Å². The normalized spacial score (nSPS) is 9.83. The van der Waals surface area contributed by atoms with Crippen LogP contribution in [0.25, 0.3) is 0 Å². The first-order valence-corrected chi connectivity index (χ1v) is 5.00. The lowest BCUT2D eigenvalue weighted by atomic mass is 10.1. The van der Waals surface area contributed by atoms with Crippen LogP contribution in [-0.2, 0) is 11.2 Å². The van der Waals surface area contributed by atoms with Crippen molar-refractivity contribution in [1.82, 2.24) is 0 Å². The molecule has 0 aromatic heterocycles. The molecule has 0 aliphatic carbocycles. The average Bonchev–Trinajstić information content (AvgIpc) is 2.01. The lowest BCUT2D eigenvalue weighted by Gasteiger charge is -1.99. The highest BCUT2D eigenvalue weighted by Gasteiger charge is 1.97. The molecule has 0 N–H and O–H groups in total. The quantitative estimate of drug-likeness (QED) is 0.612. The summed E-state index contributed by atoms with van der Waals surface area (Å²) in [7, 11) is 0. The monoisotopic (exact) mass is 274 g/mol. The van der Waals surface area contributed by atoms with Gasteiger partial charge in [0.1, 0.15) is 0 Å². The number of aryl methyl sites for hydroxylation is 2. The summed E-state index contributed by atoms with van der Waals surface area (Å²) in [4.78, 5) is 10.7. The molecule has 0 spiro atoms. The third-order valence-corrected chi connectivity index (χ3v) is 2.23. The standard InChI is InChI=1S/C10H11IO/c1-8-3-2-4-9(7-8)5-6-10(11)12/h2-4,7H,5-6H2,1H3. The van der Waals surface area contributed by atoms with Gasteiger partial charge in [-0.2, -0.15) is 0 Å². The number of benzene rings is 1. The molecule has 0 amide bonds. The molecule has 0 radical (unpaired) electrons. The molecule has 2 heteroatoms. The number of hydrogen-bond acceptors (Lipinski definition) is 1. The molecule has 0 atom stereocenters. The van der Waals surface area contributed by atoms with Crippen molar-refractivity contribution in [2.45, 2.75) is 19.8 Å². The second kappa shape index (κ2) is 4.60. The summed E-state index contributed by atoms with van der Waals surface area (Å²) in [6.07, 6.45) is 1.51. The SMILES string of the molecule is Cc1cccc(CCC(=O)I)c1. The summed E-state index contributed by atoms with van der Waals surface area (Å²) in [5, 5.41) is 0. The fourth-order valence-electron chi connectivity index (χ4n) is 1.11. The molecule has 0 unspecified atom stereocenters. The van der Waals surface area contributed by atoms with Crippen LogP contribution in [0.4, 0.5) is 0 Å². The Labute approximate surface area is 86.3 Å². The van der Waals surface area contributed by atoms with Gasteiger partial charge in [0.2, 0.25) is 0 Å². The summed E-state index contributed by atoms with van der Waals surface area (Å²) < 4.78 is 0.231. The van der Waals surface area contributed by atoms with Crippen molar-refractivity contribution in [2.24, 2.45) is 0 Å². The Morgan fingerprint density at radius 3 is 2.83 bits per heavy atom. The molecule has 12 heavy (non-hydrogen) atoms. The zero-order chi connectivity index (χ0) is 8.97. The van der Waals surface area contributed by atoms with E-state index in [0.29, 0.717) is 6.42 Å². The summed E-state index contributed by atoms with van der Waals surface area (Å²) in [5.74, 6) is 0. The fourth-order valence-corrected chi connectivity index (χ4v) is 1.38. The van der Waals surface area contributed by atoms with Gasteiger partial charge >= 0.3 is 0 Å². The van der Waals surface area contributed by atoms with E-state index in [0.717, 1.165) is 6.42 Å². The minimum Gasteiger partial charge on any atom is -0.288 e. The zero-order valence-electron chi connectivity index (χ0n) is 7.01. The van der Waals surface area contributed by atoms with Crippen LogP contribution in [0, 0.1) is 6.92 Å². The highest BCUT2D eigenvalue weighted by atomic mass is 127. The van der Waals surface area contributed by atoms with Crippen LogP contribution in [0.5, 0.6) is 0 Å². The van der Waals surface area contributed by atoms with Gasteiger partial charge in [-0.25, -0.2) is 0 Å². The molecular formula is C10H11IO. The van der Waals surface area contributed by atoms with Gasteiger partial charge in [-0.1, -0.05) is 29.8 Å². The number of rotatable bonds is 3. The molecule has 0 heterocycles. The molecular weight excluding hydrogens is 263 g/mol. The molecule has 0 aliphatic heterocycles. The molecule has 0 bridgehead atoms. The van der Waals surface area contributed by atoms with Crippen molar-refractivity contribution in [3.05, 3.63) is 35.4 Å². The van der Waals surface area contributed by atoms with Gasteiger partial charge in [0.05, 0.1) is 0 Å². The Hall–Kier alpha value is -0.380. The summed E-state index contributed by atoms with van der Waals surface area (Å²) >= 11 is 1.84. The highest BCUT2D eigenvalue weighted by Crippen LogP contribution is 2.07. The van der Waals surface area contributed by atoms with Crippen LogP contribution in [0.2, 0.25) is 0 Å². The van der Waals surface area contributed by atoms with E-state index in [9.17, 15) is 4.79 Å². The van der Waals surface area contributed by atoms with E-state index in [1.807, 2.05) is 28.7 Å². The Bertz CT molecular complexity index is 281. The van der Waals surface area contributed by atoms with Gasteiger partial charge in [0.25, 0.3) is 0 Å². The first kappa shape index (κ1) is 9.71. The predicted octanol–water partition coefficient (Wildman–Crippen LogP) is 2.89. The maximum absolute atomic E-state index is 10.7.